The van der Waals surface area contributed by atoms with Gasteiger partial charge in [0.05, 0.1) is 12.9 Å². The number of hydrogen-bond acceptors (Lipinski definition) is 4. The molecule has 0 radical (unpaired) electrons. The highest BCUT2D eigenvalue weighted by molar-refractivity contribution is 8.00. The summed E-state index contributed by atoms with van der Waals surface area (Å²) in [5, 5.41) is 8.24. The van der Waals surface area contributed by atoms with Crippen molar-refractivity contribution in [3.8, 4) is 5.75 Å². The maximum Gasteiger partial charge on any atom is 0.255 e. The Labute approximate surface area is 219 Å². The summed E-state index contributed by atoms with van der Waals surface area (Å²) in [6, 6.07) is 28.8. The van der Waals surface area contributed by atoms with Crippen LogP contribution in [0.2, 0.25) is 0 Å². The van der Waals surface area contributed by atoms with E-state index in [4.69, 9.17) is 4.74 Å². The van der Waals surface area contributed by atoms with Crippen molar-refractivity contribution >= 4 is 56.8 Å². The molecule has 4 aromatic carbocycles. The Balaban J connectivity index is 1.22. The SMILES string of the molecule is CCn1c2ccccc2c2cc(NC(=O)CSc3cccc(NC(=O)c4ccc(OC)cc4)c3)ccc21. The molecule has 6 nitrogen and oxygen atoms in total. The monoisotopic (exact) mass is 509 g/mol. The number of carbonyl (C=O) groups excluding carboxylic acids is 2. The van der Waals surface area contributed by atoms with E-state index in [0.29, 0.717) is 17.0 Å². The molecule has 0 aliphatic carbocycles. The van der Waals surface area contributed by atoms with Crippen LogP contribution in [-0.4, -0.2) is 29.2 Å². The molecule has 0 spiro atoms. The van der Waals surface area contributed by atoms with Crippen LogP contribution in [0.25, 0.3) is 21.8 Å². The number of nitrogens with zero attached hydrogens (tertiary/aromatic N) is 1. The first-order valence-electron chi connectivity index (χ1n) is 12.0. The molecule has 5 rings (SSSR count). The van der Waals surface area contributed by atoms with Gasteiger partial charge in [0.25, 0.3) is 5.91 Å². The number of hydrogen-bond donors (Lipinski definition) is 2. The van der Waals surface area contributed by atoms with Gasteiger partial charge in [-0.3, -0.25) is 9.59 Å². The Morgan fingerprint density at radius 2 is 1.57 bits per heavy atom. The Hall–Kier alpha value is -4.23. The van der Waals surface area contributed by atoms with Crippen LogP contribution in [0.3, 0.4) is 0 Å². The molecule has 0 aliphatic rings. The van der Waals surface area contributed by atoms with E-state index in [1.54, 1.807) is 31.4 Å². The lowest BCUT2D eigenvalue weighted by molar-refractivity contribution is -0.113. The summed E-state index contributed by atoms with van der Waals surface area (Å²) in [5.74, 6) is 0.657. The van der Waals surface area contributed by atoms with Crippen molar-refractivity contribution in [3.63, 3.8) is 0 Å². The van der Waals surface area contributed by atoms with Crippen molar-refractivity contribution in [2.75, 3.05) is 23.5 Å². The van der Waals surface area contributed by atoms with Crippen molar-refractivity contribution in [1.29, 1.82) is 0 Å². The average Bonchev–Trinajstić information content (AvgIpc) is 3.25. The number of methoxy groups -OCH3 is 1. The molecule has 2 N–H and O–H groups in total. The molecule has 0 bridgehead atoms. The number of carbonyl (C=O) groups is 2. The smallest absolute Gasteiger partial charge is 0.255 e. The fraction of sp³-hybridized carbons (Fsp3) is 0.133. The van der Waals surface area contributed by atoms with E-state index in [1.165, 1.54) is 22.7 Å². The number of ether oxygens (including phenoxy) is 1. The molecule has 2 amide bonds. The van der Waals surface area contributed by atoms with Gasteiger partial charge in [-0.05, 0) is 73.7 Å². The van der Waals surface area contributed by atoms with Crippen LogP contribution in [0.15, 0.2) is 95.9 Å². The summed E-state index contributed by atoms with van der Waals surface area (Å²) < 4.78 is 7.42. The first-order chi connectivity index (χ1) is 18.1. The van der Waals surface area contributed by atoms with Crippen LogP contribution in [0, 0.1) is 0 Å². The molecule has 37 heavy (non-hydrogen) atoms. The van der Waals surface area contributed by atoms with E-state index >= 15 is 0 Å². The Kier molecular flexibility index (Phi) is 7.14. The van der Waals surface area contributed by atoms with Crippen LogP contribution in [0.5, 0.6) is 5.75 Å². The Morgan fingerprint density at radius 1 is 0.811 bits per heavy atom. The second-order valence-corrected chi connectivity index (χ2v) is 9.59. The number of nitrogens with one attached hydrogen (secondary N) is 2. The Bertz CT molecular complexity index is 1590. The quantitative estimate of drug-likeness (QED) is 0.226. The lowest BCUT2D eigenvalue weighted by atomic mass is 10.1. The number of benzene rings is 4. The van der Waals surface area contributed by atoms with E-state index in [1.807, 2.05) is 48.5 Å². The van der Waals surface area contributed by atoms with Gasteiger partial charge in [-0.2, -0.15) is 0 Å². The predicted octanol–water partition coefficient (Wildman–Crippen LogP) is 6.81. The lowest BCUT2D eigenvalue weighted by Gasteiger charge is -2.09. The highest BCUT2D eigenvalue weighted by Crippen LogP contribution is 2.31. The van der Waals surface area contributed by atoms with Gasteiger partial charge in [0, 0.05) is 50.2 Å². The van der Waals surface area contributed by atoms with Crippen molar-refractivity contribution < 1.29 is 14.3 Å². The molecule has 0 saturated carbocycles. The third-order valence-electron chi connectivity index (χ3n) is 6.19. The maximum absolute atomic E-state index is 12.7. The van der Waals surface area contributed by atoms with Crippen molar-refractivity contribution in [1.82, 2.24) is 4.57 Å². The Morgan fingerprint density at radius 3 is 2.35 bits per heavy atom. The maximum atomic E-state index is 12.7. The minimum Gasteiger partial charge on any atom is -0.497 e. The summed E-state index contributed by atoms with van der Waals surface area (Å²) in [4.78, 5) is 26.2. The van der Waals surface area contributed by atoms with Crippen LogP contribution in [0.1, 0.15) is 17.3 Å². The zero-order valence-corrected chi connectivity index (χ0v) is 21.5. The summed E-state index contributed by atoms with van der Waals surface area (Å²) in [6.07, 6.45) is 0. The van der Waals surface area contributed by atoms with Gasteiger partial charge in [0.2, 0.25) is 5.91 Å². The molecule has 0 atom stereocenters. The number of aryl methyl sites for hydroxylation is 1. The van der Waals surface area contributed by atoms with Crippen molar-refractivity contribution in [2.24, 2.45) is 0 Å². The zero-order valence-electron chi connectivity index (χ0n) is 20.7. The third kappa shape index (κ3) is 5.32. The number of aromatic nitrogens is 1. The van der Waals surface area contributed by atoms with Crippen LogP contribution in [-0.2, 0) is 11.3 Å². The van der Waals surface area contributed by atoms with Gasteiger partial charge < -0.3 is 19.9 Å². The molecular weight excluding hydrogens is 482 g/mol. The number of thioether (sulfide) groups is 1. The molecule has 0 unspecified atom stereocenters. The second kappa shape index (κ2) is 10.8. The van der Waals surface area contributed by atoms with Gasteiger partial charge in [-0.25, -0.2) is 0 Å². The van der Waals surface area contributed by atoms with Crippen molar-refractivity contribution in [2.45, 2.75) is 18.4 Å². The normalized spacial score (nSPS) is 11.0. The van der Waals surface area contributed by atoms with Gasteiger partial charge >= 0.3 is 0 Å². The molecule has 5 aromatic rings. The summed E-state index contributed by atoms with van der Waals surface area (Å²) in [7, 11) is 1.59. The highest BCUT2D eigenvalue weighted by Gasteiger charge is 2.12. The summed E-state index contributed by atoms with van der Waals surface area (Å²) >= 11 is 1.42. The highest BCUT2D eigenvalue weighted by atomic mass is 32.2. The summed E-state index contributed by atoms with van der Waals surface area (Å²) in [6.45, 7) is 3.02. The molecular formula is C30H27N3O3S. The van der Waals surface area contributed by atoms with Gasteiger partial charge in [-0.1, -0.05) is 24.3 Å². The first kappa shape index (κ1) is 24.5. The fourth-order valence-electron chi connectivity index (χ4n) is 4.43. The van der Waals surface area contributed by atoms with E-state index in [-0.39, 0.29) is 17.6 Å². The van der Waals surface area contributed by atoms with Crippen molar-refractivity contribution in [3.05, 3.63) is 96.6 Å². The number of amides is 2. The molecule has 1 heterocycles. The van der Waals surface area contributed by atoms with Crippen LogP contribution >= 0.6 is 11.8 Å². The van der Waals surface area contributed by atoms with Gasteiger partial charge in [-0.15, -0.1) is 11.8 Å². The fourth-order valence-corrected chi connectivity index (χ4v) is 5.18. The molecule has 7 heteroatoms. The first-order valence-corrected chi connectivity index (χ1v) is 13.0. The third-order valence-corrected chi connectivity index (χ3v) is 7.18. The largest absolute Gasteiger partial charge is 0.497 e. The second-order valence-electron chi connectivity index (χ2n) is 8.54. The van der Waals surface area contributed by atoms with E-state index < -0.39 is 0 Å². The average molecular weight is 510 g/mol. The number of para-hydroxylation sites is 1. The molecule has 186 valence electrons. The van der Waals surface area contributed by atoms with Crippen LogP contribution in [0.4, 0.5) is 11.4 Å². The molecule has 0 aliphatic heterocycles. The molecule has 1 aromatic heterocycles. The standard InChI is InChI=1S/C30H27N3O3S/c1-3-33-27-10-5-4-9-25(27)26-18-22(13-16-28(26)33)31-29(34)19-37-24-8-6-7-21(17-24)32-30(35)20-11-14-23(36-2)15-12-20/h4-18H,3,19H2,1-2H3,(H,31,34)(H,32,35). The minimum atomic E-state index is -0.206. The number of anilines is 2. The van der Waals surface area contributed by atoms with Crippen LogP contribution < -0.4 is 15.4 Å². The zero-order chi connectivity index (χ0) is 25.8. The molecule has 0 saturated heterocycles. The summed E-state index contributed by atoms with van der Waals surface area (Å²) in [5.41, 5.74) is 4.33. The predicted molar refractivity (Wildman–Crippen MR) is 152 cm³/mol. The number of rotatable bonds is 8. The topological polar surface area (TPSA) is 72.4 Å². The van der Waals surface area contributed by atoms with Gasteiger partial charge in [0.1, 0.15) is 5.75 Å². The van der Waals surface area contributed by atoms with E-state index in [0.717, 1.165) is 28.0 Å². The van der Waals surface area contributed by atoms with E-state index in [9.17, 15) is 9.59 Å². The number of fused-ring (bicyclic) bond motifs is 3. The van der Waals surface area contributed by atoms with E-state index in [2.05, 4.69) is 40.3 Å². The van der Waals surface area contributed by atoms with Gasteiger partial charge in [0.15, 0.2) is 0 Å². The lowest BCUT2D eigenvalue weighted by Crippen LogP contribution is -2.14. The molecule has 0 fully saturated rings. The minimum absolute atomic E-state index is 0.0868.